The number of amides is 1. The lowest BCUT2D eigenvalue weighted by molar-refractivity contribution is 0.0790. The first-order valence-corrected chi connectivity index (χ1v) is 9.35. The molecular weight excluding hydrogens is 388 g/mol. The van der Waals surface area contributed by atoms with Crippen LogP contribution in [-0.4, -0.2) is 46.8 Å². The highest BCUT2D eigenvalue weighted by atomic mass is 35.5. The van der Waals surface area contributed by atoms with Crippen LogP contribution < -0.4 is 10.5 Å². The second-order valence-corrected chi connectivity index (χ2v) is 7.16. The van der Waals surface area contributed by atoms with Crippen LogP contribution in [0.15, 0.2) is 60.8 Å². The van der Waals surface area contributed by atoms with Crippen LogP contribution in [0.25, 0.3) is 11.3 Å². The fourth-order valence-electron chi connectivity index (χ4n) is 3.90. The monoisotopic (exact) mass is 412 g/mol. The average molecular weight is 413 g/mol. The number of rotatable bonds is 4. The molecule has 0 saturated carbocycles. The van der Waals surface area contributed by atoms with E-state index in [4.69, 9.17) is 10.5 Å². The van der Waals surface area contributed by atoms with Crippen molar-refractivity contribution in [3.05, 3.63) is 71.9 Å². The Hall–Kier alpha value is -2.83. The van der Waals surface area contributed by atoms with E-state index in [-0.39, 0.29) is 30.3 Å². The molecule has 1 fully saturated rings. The Labute approximate surface area is 176 Å². The Balaban J connectivity index is 0.00000240. The minimum Gasteiger partial charge on any atom is -0.496 e. The van der Waals surface area contributed by atoms with Gasteiger partial charge < -0.3 is 15.4 Å². The van der Waals surface area contributed by atoms with Crippen molar-refractivity contribution >= 4 is 18.3 Å². The molecule has 7 heteroatoms. The number of halogens is 1. The van der Waals surface area contributed by atoms with Gasteiger partial charge in [-0.05, 0) is 17.7 Å². The van der Waals surface area contributed by atoms with Crippen LogP contribution in [0.1, 0.15) is 21.8 Å². The maximum atomic E-state index is 13.4. The summed E-state index contributed by atoms with van der Waals surface area (Å²) in [6.07, 6.45) is 1.77. The lowest BCUT2D eigenvalue weighted by atomic mass is 9.95. The summed E-state index contributed by atoms with van der Waals surface area (Å²) in [5, 5.41) is 4.54. The molecule has 2 heterocycles. The number of likely N-dealkylation sites (tertiary alicyclic amines) is 1. The average Bonchev–Trinajstić information content (AvgIpc) is 3.31. The van der Waals surface area contributed by atoms with Gasteiger partial charge in [-0.3, -0.25) is 9.48 Å². The number of hydrogen-bond acceptors (Lipinski definition) is 4. The van der Waals surface area contributed by atoms with E-state index in [9.17, 15) is 4.79 Å². The van der Waals surface area contributed by atoms with Gasteiger partial charge in [0.1, 0.15) is 11.4 Å². The quantitative estimate of drug-likeness (QED) is 0.714. The summed E-state index contributed by atoms with van der Waals surface area (Å²) in [6, 6.07) is 17.7. The van der Waals surface area contributed by atoms with Gasteiger partial charge >= 0.3 is 0 Å². The number of benzene rings is 2. The molecule has 2 aromatic carbocycles. The van der Waals surface area contributed by atoms with Gasteiger partial charge in [0, 0.05) is 43.9 Å². The number of hydrogen-bond donors (Lipinski definition) is 1. The molecule has 1 amide bonds. The van der Waals surface area contributed by atoms with Crippen LogP contribution in [0.2, 0.25) is 0 Å². The van der Waals surface area contributed by atoms with E-state index in [0.29, 0.717) is 30.1 Å². The molecule has 29 heavy (non-hydrogen) atoms. The van der Waals surface area contributed by atoms with Gasteiger partial charge in [0.2, 0.25) is 0 Å². The Kier molecular flexibility index (Phi) is 6.25. The molecule has 1 aliphatic rings. The second kappa shape index (κ2) is 8.68. The number of nitrogens with two attached hydrogens (primary N) is 1. The number of methoxy groups -OCH3 is 1. The van der Waals surface area contributed by atoms with Crippen molar-refractivity contribution in [2.45, 2.75) is 12.0 Å². The summed E-state index contributed by atoms with van der Waals surface area (Å²) in [7, 11) is 3.44. The maximum absolute atomic E-state index is 13.4. The highest BCUT2D eigenvalue weighted by molar-refractivity contribution is 6.00. The van der Waals surface area contributed by atoms with E-state index in [2.05, 4.69) is 17.2 Å². The number of nitrogens with zero attached hydrogens (tertiary/aromatic N) is 3. The molecule has 0 unspecified atom stereocenters. The van der Waals surface area contributed by atoms with Gasteiger partial charge in [-0.25, -0.2) is 0 Å². The minimum absolute atomic E-state index is 0. The maximum Gasteiger partial charge on any atom is 0.257 e. The Morgan fingerprint density at radius 3 is 2.52 bits per heavy atom. The van der Waals surface area contributed by atoms with Crippen molar-refractivity contribution in [3.63, 3.8) is 0 Å². The number of ether oxygens (including phenoxy) is 1. The fourth-order valence-corrected chi connectivity index (χ4v) is 3.90. The Morgan fingerprint density at radius 2 is 1.79 bits per heavy atom. The van der Waals surface area contributed by atoms with Crippen LogP contribution in [-0.2, 0) is 7.05 Å². The van der Waals surface area contributed by atoms with E-state index in [1.807, 2.05) is 54.4 Å². The number of carbonyl (C=O) groups excluding carboxylic acids is 1. The third-order valence-corrected chi connectivity index (χ3v) is 5.30. The van der Waals surface area contributed by atoms with Gasteiger partial charge in [0.25, 0.3) is 5.91 Å². The Morgan fingerprint density at radius 1 is 1.10 bits per heavy atom. The lowest BCUT2D eigenvalue weighted by Gasteiger charge is -2.17. The first-order chi connectivity index (χ1) is 13.6. The highest BCUT2D eigenvalue weighted by Gasteiger charge is 2.35. The second-order valence-electron chi connectivity index (χ2n) is 7.16. The predicted molar refractivity (Wildman–Crippen MR) is 116 cm³/mol. The number of carbonyl (C=O) groups is 1. The summed E-state index contributed by atoms with van der Waals surface area (Å²) in [4.78, 5) is 15.2. The first-order valence-electron chi connectivity index (χ1n) is 9.35. The third kappa shape index (κ3) is 3.99. The molecule has 1 saturated heterocycles. The molecule has 2 atom stereocenters. The van der Waals surface area contributed by atoms with Gasteiger partial charge in [-0.15, -0.1) is 12.4 Å². The van der Waals surface area contributed by atoms with Gasteiger partial charge in [0.15, 0.2) is 0 Å². The Bertz CT molecular complexity index is 989. The SMILES string of the molecule is COc1ccccc1-c1nn(C)cc1C(=O)N1C[C@@H](N)[C@H](c2ccccc2)C1.Cl. The summed E-state index contributed by atoms with van der Waals surface area (Å²) < 4.78 is 7.13. The van der Waals surface area contributed by atoms with Crippen LogP contribution in [0.5, 0.6) is 5.75 Å². The van der Waals surface area contributed by atoms with E-state index in [1.165, 1.54) is 5.56 Å². The standard InChI is InChI=1S/C22H24N4O2.ClH/c1-25-12-18(21(24-25)16-10-6-7-11-20(16)28-2)22(27)26-13-17(19(23)14-26)15-8-4-3-5-9-15;/h3-12,17,19H,13-14,23H2,1-2H3;1H/t17-,19+;/m0./s1. The molecule has 152 valence electrons. The molecular formula is C22H25ClN4O2. The van der Waals surface area contributed by atoms with E-state index < -0.39 is 0 Å². The summed E-state index contributed by atoms with van der Waals surface area (Å²) in [5.41, 5.74) is 9.54. The van der Waals surface area contributed by atoms with Gasteiger partial charge in [-0.1, -0.05) is 42.5 Å². The minimum atomic E-state index is -0.0854. The van der Waals surface area contributed by atoms with Crippen molar-refractivity contribution in [1.82, 2.24) is 14.7 Å². The van der Waals surface area contributed by atoms with Crippen molar-refractivity contribution in [1.29, 1.82) is 0 Å². The molecule has 0 spiro atoms. The van der Waals surface area contributed by atoms with Crippen molar-refractivity contribution in [3.8, 4) is 17.0 Å². The van der Waals surface area contributed by atoms with Crippen LogP contribution in [0, 0.1) is 0 Å². The van der Waals surface area contributed by atoms with Gasteiger partial charge in [0.05, 0.1) is 12.7 Å². The van der Waals surface area contributed by atoms with E-state index >= 15 is 0 Å². The molecule has 1 aromatic heterocycles. The molecule has 6 nitrogen and oxygen atoms in total. The zero-order valence-electron chi connectivity index (χ0n) is 16.5. The number of aryl methyl sites for hydroxylation is 1. The van der Waals surface area contributed by atoms with Crippen molar-refractivity contribution in [2.75, 3.05) is 20.2 Å². The number of para-hydroxylation sites is 1. The lowest BCUT2D eigenvalue weighted by Crippen LogP contribution is -2.32. The smallest absolute Gasteiger partial charge is 0.257 e. The first kappa shape index (κ1) is 20.9. The fraction of sp³-hybridized carbons (Fsp3) is 0.273. The molecule has 4 rings (SSSR count). The normalized spacial score (nSPS) is 18.4. The van der Waals surface area contributed by atoms with Crippen molar-refractivity contribution in [2.24, 2.45) is 12.8 Å². The summed E-state index contributed by atoms with van der Waals surface area (Å²) in [5.74, 6) is 0.773. The largest absolute Gasteiger partial charge is 0.496 e. The zero-order valence-corrected chi connectivity index (χ0v) is 17.3. The van der Waals surface area contributed by atoms with Crippen molar-refractivity contribution < 1.29 is 9.53 Å². The topological polar surface area (TPSA) is 73.4 Å². The third-order valence-electron chi connectivity index (χ3n) is 5.30. The molecule has 1 aliphatic heterocycles. The van der Waals surface area contributed by atoms with Crippen LogP contribution in [0.3, 0.4) is 0 Å². The molecule has 0 bridgehead atoms. The zero-order chi connectivity index (χ0) is 19.7. The molecule has 0 radical (unpaired) electrons. The van der Waals surface area contributed by atoms with Gasteiger partial charge in [-0.2, -0.15) is 5.10 Å². The van der Waals surface area contributed by atoms with E-state index in [1.54, 1.807) is 18.0 Å². The van der Waals surface area contributed by atoms with Crippen LogP contribution >= 0.6 is 12.4 Å². The van der Waals surface area contributed by atoms with E-state index in [0.717, 1.165) is 5.56 Å². The van der Waals surface area contributed by atoms with Crippen LogP contribution in [0.4, 0.5) is 0 Å². The highest BCUT2D eigenvalue weighted by Crippen LogP contribution is 2.33. The molecule has 3 aromatic rings. The summed E-state index contributed by atoms with van der Waals surface area (Å²) >= 11 is 0. The summed E-state index contributed by atoms with van der Waals surface area (Å²) in [6.45, 7) is 1.13. The predicted octanol–water partition coefficient (Wildman–Crippen LogP) is 3.08. The number of aromatic nitrogens is 2. The molecule has 2 N–H and O–H groups in total. The molecule has 0 aliphatic carbocycles.